The maximum absolute atomic E-state index is 12.6. The number of para-hydroxylation sites is 2. The van der Waals surface area contributed by atoms with Gasteiger partial charge < -0.3 is 5.11 Å². The molecule has 4 aromatic rings. The van der Waals surface area contributed by atoms with Crippen molar-refractivity contribution in [2.45, 2.75) is 6.10 Å². The SMILES string of the molecule is O=C(c1ccc2ccccc2n1)[C@H](O)c1ccc2ccccc2n1. The Balaban J connectivity index is 1.70. The number of benzene rings is 2. The van der Waals surface area contributed by atoms with Crippen molar-refractivity contribution in [1.29, 1.82) is 0 Å². The summed E-state index contributed by atoms with van der Waals surface area (Å²) in [6, 6.07) is 22.1. The average Bonchev–Trinajstić information content (AvgIpc) is 2.66. The minimum atomic E-state index is -1.33. The average molecular weight is 314 g/mol. The molecule has 4 rings (SSSR count). The molecule has 1 atom stereocenters. The van der Waals surface area contributed by atoms with Crippen LogP contribution in [0.15, 0.2) is 72.8 Å². The fourth-order valence-electron chi connectivity index (χ4n) is 2.71. The molecule has 4 heteroatoms. The van der Waals surface area contributed by atoms with E-state index in [0.717, 1.165) is 21.8 Å². The Kier molecular flexibility index (Phi) is 3.52. The number of fused-ring (bicyclic) bond motifs is 2. The molecule has 24 heavy (non-hydrogen) atoms. The first-order valence-corrected chi connectivity index (χ1v) is 7.66. The van der Waals surface area contributed by atoms with Gasteiger partial charge in [-0.25, -0.2) is 9.97 Å². The van der Waals surface area contributed by atoms with Crippen molar-refractivity contribution >= 4 is 27.6 Å². The lowest BCUT2D eigenvalue weighted by Crippen LogP contribution is -2.15. The Morgan fingerprint density at radius 3 is 2.04 bits per heavy atom. The maximum atomic E-state index is 12.6. The molecule has 0 aliphatic heterocycles. The summed E-state index contributed by atoms with van der Waals surface area (Å²) in [5.74, 6) is -0.455. The molecule has 0 saturated carbocycles. The second-order valence-corrected chi connectivity index (χ2v) is 5.58. The molecule has 2 heterocycles. The first-order valence-electron chi connectivity index (χ1n) is 7.66. The Bertz CT molecular complexity index is 1060. The van der Waals surface area contributed by atoms with E-state index in [2.05, 4.69) is 9.97 Å². The molecule has 1 N–H and O–H groups in total. The summed E-state index contributed by atoms with van der Waals surface area (Å²) < 4.78 is 0. The monoisotopic (exact) mass is 314 g/mol. The summed E-state index contributed by atoms with van der Waals surface area (Å²) in [6.07, 6.45) is -1.33. The van der Waals surface area contributed by atoms with Gasteiger partial charge in [0, 0.05) is 10.8 Å². The molecule has 116 valence electrons. The van der Waals surface area contributed by atoms with Crippen molar-refractivity contribution in [2.24, 2.45) is 0 Å². The Hall–Kier alpha value is -3.11. The molecule has 0 fully saturated rings. The number of carbonyl (C=O) groups is 1. The molecular formula is C20H14N2O2. The lowest BCUT2D eigenvalue weighted by Gasteiger charge is -2.10. The molecule has 0 aliphatic rings. The number of nitrogens with zero attached hydrogens (tertiary/aromatic N) is 2. The van der Waals surface area contributed by atoms with Crippen molar-refractivity contribution < 1.29 is 9.90 Å². The van der Waals surface area contributed by atoms with Gasteiger partial charge in [-0.1, -0.05) is 48.5 Å². The van der Waals surface area contributed by atoms with Gasteiger partial charge in [-0.15, -0.1) is 0 Å². The first kappa shape index (κ1) is 14.5. The highest BCUT2D eigenvalue weighted by Crippen LogP contribution is 2.21. The second-order valence-electron chi connectivity index (χ2n) is 5.58. The zero-order chi connectivity index (χ0) is 16.5. The van der Waals surface area contributed by atoms with Crippen LogP contribution in [0.2, 0.25) is 0 Å². The van der Waals surface area contributed by atoms with E-state index in [-0.39, 0.29) is 5.69 Å². The van der Waals surface area contributed by atoms with Crippen molar-refractivity contribution in [2.75, 3.05) is 0 Å². The molecular weight excluding hydrogens is 300 g/mol. The van der Waals surface area contributed by atoms with Crippen LogP contribution < -0.4 is 0 Å². The topological polar surface area (TPSA) is 63.1 Å². The fraction of sp³-hybridized carbons (Fsp3) is 0.0500. The van der Waals surface area contributed by atoms with Gasteiger partial charge in [0.25, 0.3) is 0 Å². The number of carbonyl (C=O) groups excluding carboxylic acids is 1. The van der Waals surface area contributed by atoms with Crippen LogP contribution in [0.5, 0.6) is 0 Å². The highest BCUT2D eigenvalue weighted by Gasteiger charge is 2.22. The molecule has 0 amide bonds. The van der Waals surface area contributed by atoms with Gasteiger partial charge in [-0.3, -0.25) is 4.79 Å². The zero-order valence-corrected chi connectivity index (χ0v) is 12.8. The number of rotatable bonds is 3. The van der Waals surface area contributed by atoms with Crippen LogP contribution in [0.25, 0.3) is 21.8 Å². The Morgan fingerprint density at radius 2 is 1.33 bits per heavy atom. The fourth-order valence-corrected chi connectivity index (χ4v) is 2.71. The summed E-state index contributed by atoms with van der Waals surface area (Å²) in [6.45, 7) is 0. The Labute approximate surface area is 138 Å². The van der Waals surface area contributed by atoms with Crippen LogP contribution in [-0.4, -0.2) is 20.9 Å². The van der Waals surface area contributed by atoms with Crippen molar-refractivity contribution in [3.63, 3.8) is 0 Å². The Morgan fingerprint density at radius 1 is 0.750 bits per heavy atom. The van der Waals surface area contributed by atoms with Gasteiger partial charge in [-0.2, -0.15) is 0 Å². The predicted molar refractivity (Wildman–Crippen MR) is 92.8 cm³/mol. The van der Waals surface area contributed by atoms with Gasteiger partial charge in [0.15, 0.2) is 6.10 Å². The summed E-state index contributed by atoms with van der Waals surface area (Å²) in [5.41, 5.74) is 2.03. The first-order chi connectivity index (χ1) is 11.7. The van der Waals surface area contributed by atoms with E-state index < -0.39 is 11.9 Å². The van der Waals surface area contributed by atoms with Gasteiger partial charge >= 0.3 is 0 Å². The molecule has 0 saturated heterocycles. The summed E-state index contributed by atoms with van der Waals surface area (Å²) in [4.78, 5) is 21.3. The smallest absolute Gasteiger partial charge is 0.215 e. The van der Waals surface area contributed by atoms with Crippen LogP contribution in [0.1, 0.15) is 22.3 Å². The molecule has 0 bridgehead atoms. The van der Waals surface area contributed by atoms with Crippen molar-refractivity contribution in [3.8, 4) is 0 Å². The molecule has 2 aromatic carbocycles. The van der Waals surface area contributed by atoms with E-state index in [1.54, 1.807) is 12.1 Å². The highest BCUT2D eigenvalue weighted by molar-refractivity contribution is 6.00. The normalized spacial score (nSPS) is 12.4. The van der Waals surface area contributed by atoms with Crippen LogP contribution in [0.3, 0.4) is 0 Å². The predicted octanol–water partition coefficient (Wildman–Crippen LogP) is 3.70. The quantitative estimate of drug-likeness (QED) is 0.586. The van der Waals surface area contributed by atoms with E-state index in [4.69, 9.17) is 0 Å². The number of hydrogen-bond acceptors (Lipinski definition) is 4. The second kappa shape index (κ2) is 5.83. The highest BCUT2D eigenvalue weighted by atomic mass is 16.3. The van der Waals surface area contributed by atoms with Gasteiger partial charge in [0.2, 0.25) is 5.78 Å². The molecule has 4 nitrogen and oxygen atoms in total. The zero-order valence-electron chi connectivity index (χ0n) is 12.8. The van der Waals surface area contributed by atoms with Crippen molar-refractivity contribution in [1.82, 2.24) is 9.97 Å². The van der Waals surface area contributed by atoms with Crippen LogP contribution >= 0.6 is 0 Å². The number of hydrogen-bond donors (Lipinski definition) is 1. The molecule has 0 aliphatic carbocycles. The number of aromatic nitrogens is 2. The number of pyridine rings is 2. The number of ketones is 1. The number of aliphatic hydroxyl groups excluding tert-OH is 1. The third-order valence-electron chi connectivity index (χ3n) is 4.00. The van der Waals surface area contributed by atoms with Gasteiger partial charge in [0.1, 0.15) is 5.69 Å². The largest absolute Gasteiger partial charge is 0.378 e. The third kappa shape index (κ3) is 2.53. The van der Waals surface area contributed by atoms with Crippen molar-refractivity contribution in [3.05, 3.63) is 84.2 Å². The van der Waals surface area contributed by atoms with E-state index in [9.17, 15) is 9.90 Å². The molecule has 0 spiro atoms. The van der Waals surface area contributed by atoms with Crippen LogP contribution in [0, 0.1) is 0 Å². The van der Waals surface area contributed by atoms with Crippen LogP contribution in [-0.2, 0) is 0 Å². The van der Waals surface area contributed by atoms with E-state index in [0.29, 0.717) is 5.69 Å². The van der Waals surface area contributed by atoms with Gasteiger partial charge in [-0.05, 0) is 24.3 Å². The lowest BCUT2D eigenvalue weighted by molar-refractivity contribution is 0.0735. The van der Waals surface area contributed by atoms with Gasteiger partial charge in [0.05, 0.1) is 16.7 Å². The van der Waals surface area contributed by atoms with Crippen LogP contribution in [0.4, 0.5) is 0 Å². The number of Topliss-reactive ketones (excluding diaryl/α,β-unsaturated/α-hetero) is 1. The molecule has 0 radical (unpaired) electrons. The summed E-state index contributed by atoms with van der Waals surface area (Å²) in [7, 11) is 0. The molecule has 0 unspecified atom stereocenters. The number of aliphatic hydroxyl groups is 1. The standard InChI is InChI=1S/C20H14N2O2/c23-19(17-11-9-13-5-1-3-7-15(13)21-17)20(24)18-12-10-14-6-2-4-8-16(14)22-18/h1-12,19,23H/t19-/m1/s1. The summed E-state index contributed by atoms with van der Waals surface area (Å²) in [5, 5.41) is 12.3. The van der Waals surface area contributed by atoms with E-state index in [1.807, 2.05) is 60.7 Å². The minimum Gasteiger partial charge on any atom is -0.378 e. The third-order valence-corrected chi connectivity index (χ3v) is 4.00. The minimum absolute atomic E-state index is 0.233. The van der Waals surface area contributed by atoms with E-state index in [1.165, 1.54) is 0 Å². The molecule has 2 aromatic heterocycles. The van der Waals surface area contributed by atoms with E-state index >= 15 is 0 Å². The lowest BCUT2D eigenvalue weighted by atomic mass is 10.1. The maximum Gasteiger partial charge on any atom is 0.215 e. The summed E-state index contributed by atoms with van der Waals surface area (Å²) >= 11 is 0.